The molecule has 0 spiro atoms. The SMILES string of the molecule is Cc1cccnc1/C=C/C(=O)NC1CN(C(C)C)CC1C. The molecule has 2 atom stereocenters. The van der Waals surface area contributed by atoms with Crippen molar-refractivity contribution in [3.8, 4) is 0 Å². The fraction of sp³-hybridized carbons (Fsp3) is 0.529. The highest BCUT2D eigenvalue weighted by Gasteiger charge is 2.31. The van der Waals surface area contributed by atoms with Gasteiger partial charge in [-0.05, 0) is 44.4 Å². The Hall–Kier alpha value is -1.68. The molecule has 1 aromatic heterocycles. The van der Waals surface area contributed by atoms with E-state index < -0.39 is 0 Å². The lowest BCUT2D eigenvalue weighted by atomic mass is 10.1. The summed E-state index contributed by atoms with van der Waals surface area (Å²) in [7, 11) is 0. The first-order chi connectivity index (χ1) is 9.97. The molecule has 1 N–H and O–H groups in total. The van der Waals surface area contributed by atoms with E-state index in [4.69, 9.17) is 0 Å². The second kappa shape index (κ2) is 6.85. The van der Waals surface area contributed by atoms with Crippen LogP contribution in [-0.4, -0.2) is 41.0 Å². The number of aromatic nitrogens is 1. The first-order valence-corrected chi connectivity index (χ1v) is 7.61. The summed E-state index contributed by atoms with van der Waals surface area (Å²) in [6.07, 6.45) is 5.11. The van der Waals surface area contributed by atoms with Crippen molar-refractivity contribution in [1.82, 2.24) is 15.2 Å². The maximum atomic E-state index is 12.1. The van der Waals surface area contributed by atoms with Gasteiger partial charge in [0, 0.05) is 37.4 Å². The summed E-state index contributed by atoms with van der Waals surface area (Å²) in [6, 6.07) is 4.65. The van der Waals surface area contributed by atoms with Crippen LogP contribution in [0.3, 0.4) is 0 Å². The zero-order valence-corrected chi connectivity index (χ0v) is 13.3. The van der Waals surface area contributed by atoms with Crippen LogP contribution in [0.15, 0.2) is 24.4 Å². The van der Waals surface area contributed by atoms with Crippen molar-refractivity contribution in [2.75, 3.05) is 13.1 Å². The number of pyridine rings is 1. The van der Waals surface area contributed by atoms with Crippen molar-refractivity contribution in [3.63, 3.8) is 0 Å². The summed E-state index contributed by atoms with van der Waals surface area (Å²) >= 11 is 0. The Balaban J connectivity index is 1.92. The second-order valence-corrected chi connectivity index (χ2v) is 6.18. The van der Waals surface area contributed by atoms with Crippen LogP contribution in [0.5, 0.6) is 0 Å². The van der Waals surface area contributed by atoms with Crippen molar-refractivity contribution < 1.29 is 4.79 Å². The number of carbonyl (C=O) groups excluding carboxylic acids is 1. The summed E-state index contributed by atoms with van der Waals surface area (Å²) < 4.78 is 0. The minimum absolute atomic E-state index is 0.0393. The van der Waals surface area contributed by atoms with Crippen molar-refractivity contribution in [1.29, 1.82) is 0 Å². The Morgan fingerprint density at radius 3 is 2.86 bits per heavy atom. The second-order valence-electron chi connectivity index (χ2n) is 6.18. The Morgan fingerprint density at radius 1 is 1.48 bits per heavy atom. The van der Waals surface area contributed by atoms with Gasteiger partial charge < -0.3 is 5.32 Å². The molecule has 2 unspecified atom stereocenters. The number of nitrogens with one attached hydrogen (secondary N) is 1. The van der Waals surface area contributed by atoms with E-state index in [1.807, 2.05) is 19.1 Å². The van der Waals surface area contributed by atoms with Gasteiger partial charge in [-0.2, -0.15) is 0 Å². The molecule has 0 bridgehead atoms. The molecule has 1 saturated heterocycles. The summed E-state index contributed by atoms with van der Waals surface area (Å²) in [5.41, 5.74) is 1.91. The van der Waals surface area contributed by atoms with Gasteiger partial charge in [0.1, 0.15) is 0 Å². The Labute approximate surface area is 127 Å². The lowest BCUT2D eigenvalue weighted by Crippen LogP contribution is -2.39. The van der Waals surface area contributed by atoms with E-state index in [1.54, 1.807) is 18.3 Å². The van der Waals surface area contributed by atoms with E-state index in [0.717, 1.165) is 24.3 Å². The third-order valence-corrected chi connectivity index (χ3v) is 4.14. The maximum absolute atomic E-state index is 12.1. The van der Waals surface area contributed by atoms with Crippen LogP contribution in [-0.2, 0) is 4.79 Å². The normalized spacial score (nSPS) is 23.1. The Kier molecular flexibility index (Phi) is 5.12. The smallest absolute Gasteiger partial charge is 0.244 e. The molecule has 0 aromatic carbocycles. The molecule has 1 fully saturated rings. The maximum Gasteiger partial charge on any atom is 0.244 e. The number of hydrogen-bond donors (Lipinski definition) is 1. The number of hydrogen-bond acceptors (Lipinski definition) is 3. The number of amides is 1. The van der Waals surface area contributed by atoms with Crippen LogP contribution in [0.25, 0.3) is 6.08 Å². The highest BCUT2D eigenvalue weighted by Crippen LogP contribution is 2.18. The minimum atomic E-state index is -0.0393. The minimum Gasteiger partial charge on any atom is -0.348 e. The number of aryl methyl sites for hydroxylation is 1. The third kappa shape index (κ3) is 4.14. The van der Waals surface area contributed by atoms with Gasteiger partial charge in [-0.3, -0.25) is 14.7 Å². The highest BCUT2D eigenvalue weighted by molar-refractivity contribution is 5.91. The fourth-order valence-corrected chi connectivity index (χ4v) is 2.67. The zero-order valence-electron chi connectivity index (χ0n) is 13.3. The van der Waals surface area contributed by atoms with Crippen molar-refractivity contribution >= 4 is 12.0 Å². The van der Waals surface area contributed by atoms with Gasteiger partial charge in [0.2, 0.25) is 5.91 Å². The predicted octanol–water partition coefficient (Wildman–Crippen LogP) is 2.25. The first kappa shape index (κ1) is 15.7. The van der Waals surface area contributed by atoms with Crippen LogP contribution in [0.4, 0.5) is 0 Å². The van der Waals surface area contributed by atoms with Crippen LogP contribution >= 0.6 is 0 Å². The van der Waals surface area contributed by atoms with Gasteiger partial charge in [0.05, 0.1) is 5.69 Å². The van der Waals surface area contributed by atoms with Gasteiger partial charge in [-0.15, -0.1) is 0 Å². The molecule has 114 valence electrons. The molecule has 2 rings (SSSR count). The molecule has 1 aliphatic rings. The zero-order chi connectivity index (χ0) is 15.4. The first-order valence-electron chi connectivity index (χ1n) is 7.61. The van der Waals surface area contributed by atoms with Crippen LogP contribution in [0.2, 0.25) is 0 Å². The van der Waals surface area contributed by atoms with Gasteiger partial charge >= 0.3 is 0 Å². The van der Waals surface area contributed by atoms with Crippen LogP contribution in [0.1, 0.15) is 32.0 Å². The molecule has 4 nitrogen and oxygen atoms in total. The highest BCUT2D eigenvalue weighted by atomic mass is 16.1. The molecule has 1 aromatic rings. The molecular weight excluding hydrogens is 262 g/mol. The van der Waals surface area contributed by atoms with Gasteiger partial charge in [0.15, 0.2) is 0 Å². The molecule has 0 saturated carbocycles. The summed E-state index contributed by atoms with van der Waals surface area (Å²) in [4.78, 5) is 18.7. The molecule has 0 aliphatic carbocycles. The Morgan fingerprint density at radius 2 is 2.24 bits per heavy atom. The molecular formula is C17H25N3O. The quantitative estimate of drug-likeness (QED) is 0.864. The average molecular weight is 287 g/mol. The van der Waals surface area contributed by atoms with E-state index in [-0.39, 0.29) is 11.9 Å². The van der Waals surface area contributed by atoms with E-state index in [1.165, 1.54) is 0 Å². The lowest BCUT2D eigenvalue weighted by molar-refractivity contribution is -0.117. The molecule has 1 amide bonds. The van der Waals surface area contributed by atoms with Gasteiger partial charge in [0.25, 0.3) is 0 Å². The fourth-order valence-electron chi connectivity index (χ4n) is 2.67. The van der Waals surface area contributed by atoms with Crippen LogP contribution < -0.4 is 5.32 Å². The van der Waals surface area contributed by atoms with Crippen molar-refractivity contribution in [2.24, 2.45) is 5.92 Å². The topological polar surface area (TPSA) is 45.2 Å². The summed E-state index contributed by atoms with van der Waals surface area (Å²) in [5, 5.41) is 3.11. The number of carbonyl (C=O) groups is 1. The van der Waals surface area contributed by atoms with Gasteiger partial charge in [-0.25, -0.2) is 0 Å². The van der Waals surface area contributed by atoms with E-state index in [2.05, 4.69) is 36.0 Å². The standard InChI is InChI=1S/C17H25N3O/c1-12(2)20-10-14(4)16(11-20)19-17(21)8-7-15-13(3)6-5-9-18-15/h5-9,12,14,16H,10-11H2,1-4H3,(H,19,21)/b8-7+. The monoisotopic (exact) mass is 287 g/mol. The molecule has 21 heavy (non-hydrogen) atoms. The van der Waals surface area contributed by atoms with Gasteiger partial charge in [-0.1, -0.05) is 13.0 Å². The largest absolute Gasteiger partial charge is 0.348 e. The predicted molar refractivity (Wildman–Crippen MR) is 85.8 cm³/mol. The number of nitrogens with zero attached hydrogens (tertiary/aromatic N) is 2. The Bertz CT molecular complexity index is 525. The summed E-state index contributed by atoms with van der Waals surface area (Å²) in [6.45, 7) is 10.6. The van der Waals surface area contributed by atoms with E-state index >= 15 is 0 Å². The molecule has 4 heteroatoms. The molecule has 1 aliphatic heterocycles. The third-order valence-electron chi connectivity index (χ3n) is 4.14. The van der Waals surface area contributed by atoms with Crippen molar-refractivity contribution in [2.45, 2.75) is 39.8 Å². The number of likely N-dealkylation sites (tertiary alicyclic amines) is 1. The molecule has 2 heterocycles. The van der Waals surface area contributed by atoms with E-state index in [9.17, 15) is 4.79 Å². The average Bonchev–Trinajstić information content (AvgIpc) is 2.79. The van der Waals surface area contributed by atoms with E-state index in [0.29, 0.717) is 12.0 Å². The molecule has 0 radical (unpaired) electrons. The lowest BCUT2D eigenvalue weighted by Gasteiger charge is -2.20. The van der Waals surface area contributed by atoms with Crippen LogP contribution in [0, 0.1) is 12.8 Å². The number of rotatable bonds is 4. The summed E-state index contributed by atoms with van der Waals surface area (Å²) in [5.74, 6) is 0.448. The van der Waals surface area contributed by atoms with Crippen molar-refractivity contribution in [3.05, 3.63) is 35.7 Å².